The Morgan fingerprint density at radius 3 is 2.63 bits per heavy atom. The fourth-order valence-electron chi connectivity index (χ4n) is 2.77. The Morgan fingerprint density at radius 2 is 2.00 bits per heavy atom. The molecule has 1 saturated carbocycles. The maximum Gasteiger partial charge on any atom is 0.128 e. The molecule has 0 radical (unpaired) electrons. The molecular weight excluding hydrogens is 264 g/mol. The Hall–Kier alpha value is -0.610. The van der Waals surface area contributed by atoms with Gasteiger partial charge in [-0.1, -0.05) is 12.8 Å². The van der Waals surface area contributed by atoms with Crippen LogP contribution in [0.4, 0.5) is 8.78 Å². The number of rotatable bonds is 5. The molecule has 1 aromatic carbocycles. The van der Waals surface area contributed by atoms with E-state index in [9.17, 15) is 8.78 Å². The van der Waals surface area contributed by atoms with Crippen molar-refractivity contribution in [2.24, 2.45) is 0 Å². The van der Waals surface area contributed by atoms with Gasteiger partial charge in [-0.3, -0.25) is 0 Å². The molecule has 0 aliphatic heterocycles. The van der Waals surface area contributed by atoms with Crippen LogP contribution in [-0.2, 0) is 0 Å². The molecule has 4 heteroatoms. The van der Waals surface area contributed by atoms with E-state index in [2.05, 4.69) is 11.6 Å². The Balaban J connectivity index is 2.00. The molecule has 0 aromatic heterocycles. The first-order valence-corrected chi connectivity index (χ1v) is 8.02. The van der Waals surface area contributed by atoms with Crippen LogP contribution in [0.15, 0.2) is 18.2 Å². The van der Waals surface area contributed by atoms with Crippen molar-refractivity contribution in [3.8, 4) is 0 Å². The van der Waals surface area contributed by atoms with Crippen LogP contribution in [0.3, 0.4) is 0 Å². The molecular formula is C15H21F2NS. The standard InChI is InChI=1S/C15H21F2NS/c1-11(13-9-12(16)5-6-14(13)17)18-10-15(19-2)7-3-4-8-15/h5-6,9,11,18H,3-4,7-8,10H2,1-2H3. The van der Waals surface area contributed by atoms with Gasteiger partial charge in [0, 0.05) is 22.9 Å². The fraction of sp³-hybridized carbons (Fsp3) is 0.600. The molecule has 19 heavy (non-hydrogen) atoms. The quantitative estimate of drug-likeness (QED) is 0.866. The lowest BCUT2D eigenvalue weighted by atomic mass is 10.0. The summed E-state index contributed by atoms with van der Waals surface area (Å²) in [5, 5.41) is 3.37. The van der Waals surface area contributed by atoms with Gasteiger partial charge in [0.15, 0.2) is 0 Å². The van der Waals surface area contributed by atoms with Crippen LogP contribution in [0.2, 0.25) is 0 Å². The molecule has 1 aromatic rings. The van der Waals surface area contributed by atoms with E-state index in [4.69, 9.17) is 0 Å². The summed E-state index contributed by atoms with van der Waals surface area (Å²) in [4.78, 5) is 0. The normalized spacial score (nSPS) is 19.6. The molecule has 0 bridgehead atoms. The predicted molar refractivity (Wildman–Crippen MR) is 77.5 cm³/mol. The molecule has 1 nitrogen and oxygen atoms in total. The van der Waals surface area contributed by atoms with Crippen molar-refractivity contribution >= 4 is 11.8 Å². The minimum atomic E-state index is -0.384. The van der Waals surface area contributed by atoms with Crippen LogP contribution < -0.4 is 5.32 Å². The zero-order valence-corrected chi connectivity index (χ0v) is 12.3. The van der Waals surface area contributed by atoms with Gasteiger partial charge in [-0.2, -0.15) is 11.8 Å². The summed E-state index contributed by atoms with van der Waals surface area (Å²) < 4.78 is 27.2. The molecule has 1 atom stereocenters. The number of thioether (sulfide) groups is 1. The number of hydrogen-bond acceptors (Lipinski definition) is 2. The highest BCUT2D eigenvalue weighted by atomic mass is 32.2. The second kappa shape index (κ2) is 6.23. The summed E-state index contributed by atoms with van der Waals surface area (Å²) in [6.45, 7) is 2.74. The fourth-order valence-corrected chi connectivity index (χ4v) is 3.69. The lowest BCUT2D eigenvalue weighted by Crippen LogP contribution is -2.36. The lowest BCUT2D eigenvalue weighted by Gasteiger charge is -2.29. The summed E-state index contributed by atoms with van der Waals surface area (Å²) in [5.41, 5.74) is 0.411. The highest BCUT2D eigenvalue weighted by Crippen LogP contribution is 2.40. The van der Waals surface area contributed by atoms with E-state index >= 15 is 0 Å². The van der Waals surface area contributed by atoms with E-state index in [-0.39, 0.29) is 22.4 Å². The number of halogens is 2. The molecule has 1 aliphatic rings. The van der Waals surface area contributed by atoms with Gasteiger partial charge in [-0.25, -0.2) is 8.78 Å². The van der Waals surface area contributed by atoms with Crippen molar-refractivity contribution in [2.45, 2.75) is 43.4 Å². The van der Waals surface area contributed by atoms with E-state index < -0.39 is 0 Å². The average molecular weight is 285 g/mol. The van der Waals surface area contributed by atoms with Gasteiger partial charge in [0.25, 0.3) is 0 Å². The summed E-state index contributed by atoms with van der Waals surface area (Å²) in [6, 6.07) is 3.47. The van der Waals surface area contributed by atoms with Crippen molar-refractivity contribution in [2.75, 3.05) is 12.8 Å². The number of benzene rings is 1. The van der Waals surface area contributed by atoms with Crippen molar-refractivity contribution in [1.29, 1.82) is 0 Å². The van der Waals surface area contributed by atoms with Crippen LogP contribution in [-0.4, -0.2) is 17.5 Å². The van der Waals surface area contributed by atoms with Crippen molar-refractivity contribution < 1.29 is 8.78 Å². The van der Waals surface area contributed by atoms with Gasteiger partial charge in [0.05, 0.1) is 0 Å². The molecule has 0 spiro atoms. The molecule has 1 unspecified atom stereocenters. The first-order chi connectivity index (χ1) is 9.06. The van der Waals surface area contributed by atoms with Gasteiger partial charge in [0.2, 0.25) is 0 Å². The van der Waals surface area contributed by atoms with E-state index in [1.54, 1.807) is 0 Å². The van der Waals surface area contributed by atoms with Crippen molar-refractivity contribution in [3.63, 3.8) is 0 Å². The van der Waals surface area contributed by atoms with Crippen LogP contribution >= 0.6 is 11.8 Å². The zero-order chi connectivity index (χ0) is 13.9. The third-order valence-corrected chi connectivity index (χ3v) is 5.52. The van der Waals surface area contributed by atoms with Crippen molar-refractivity contribution in [1.82, 2.24) is 5.32 Å². The Bertz CT molecular complexity index is 430. The molecule has 1 N–H and O–H groups in total. The average Bonchev–Trinajstić information content (AvgIpc) is 2.88. The monoisotopic (exact) mass is 285 g/mol. The summed E-state index contributed by atoms with van der Waals surface area (Å²) in [5.74, 6) is -0.725. The first-order valence-electron chi connectivity index (χ1n) is 6.80. The van der Waals surface area contributed by atoms with E-state index in [1.165, 1.54) is 37.8 Å². The SMILES string of the molecule is CSC1(CNC(C)c2cc(F)ccc2F)CCCC1. The maximum absolute atomic E-state index is 13.7. The van der Waals surface area contributed by atoms with Crippen LogP contribution in [0.25, 0.3) is 0 Å². The van der Waals surface area contributed by atoms with Crippen LogP contribution in [0.1, 0.15) is 44.2 Å². The molecule has 0 saturated heterocycles. The predicted octanol–water partition coefficient (Wildman–Crippen LogP) is 4.29. The molecule has 2 rings (SSSR count). The molecule has 0 heterocycles. The summed E-state index contributed by atoms with van der Waals surface area (Å²) in [6.07, 6.45) is 7.09. The Kier molecular flexibility index (Phi) is 4.85. The summed E-state index contributed by atoms with van der Waals surface area (Å²) >= 11 is 1.89. The van der Waals surface area contributed by atoms with Gasteiger partial charge in [-0.05, 0) is 44.2 Å². The van der Waals surface area contributed by atoms with Crippen LogP contribution in [0.5, 0.6) is 0 Å². The second-order valence-electron chi connectivity index (χ2n) is 5.36. The zero-order valence-electron chi connectivity index (χ0n) is 11.5. The maximum atomic E-state index is 13.7. The third kappa shape index (κ3) is 3.48. The highest BCUT2D eigenvalue weighted by Gasteiger charge is 2.33. The minimum Gasteiger partial charge on any atom is -0.309 e. The Labute approximate surface area is 118 Å². The van der Waals surface area contributed by atoms with Gasteiger partial charge >= 0.3 is 0 Å². The number of nitrogens with one attached hydrogen (secondary N) is 1. The summed E-state index contributed by atoms with van der Waals surface area (Å²) in [7, 11) is 0. The van der Waals surface area contributed by atoms with E-state index in [0.29, 0.717) is 5.56 Å². The lowest BCUT2D eigenvalue weighted by molar-refractivity contribution is 0.469. The van der Waals surface area contributed by atoms with Crippen LogP contribution in [0, 0.1) is 11.6 Å². The Morgan fingerprint density at radius 1 is 1.32 bits per heavy atom. The topological polar surface area (TPSA) is 12.0 Å². The smallest absolute Gasteiger partial charge is 0.128 e. The van der Waals surface area contributed by atoms with Gasteiger partial charge in [-0.15, -0.1) is 0 Å². The molecule has 106 valence electrons. The third-order valence-electron chi connectivity index (χ3n) is 4.10. The first kappa shape index (κ1) is 14.8. The van der Waals surface area contributed by atoms with E-state index in [1.807, 2.05) is 18.7 Å². The minimum absolute atomic E-state index is 0.166. The molecule has 1 fully saturated rings. The van der Waals surface area contributed by atoms with Gasteiger partial charge in [0.1, 0.15) is 11.6 Å². The van der Waals surface area contributed by atoms with Crippen molar-refractivity contribution in [3.05, 3.63) is 35.4 Å². The second-order valence-corrected chi connectivity index (χ2v) is 6.64. The highest BCUT2D eigenvalue weighted by molar-refractivity contribution is 8.00. The van der Waals surface area contributed by atoms with Gasteiger partial charge < -0.3 is 5.32 Å². The van der Waals surface area contributed by atoms with E-state index in [0.717, 1.165) is 12.6 Å². The molecule has 1 aliphatic carbocycles. The largest absolute Gasteiger partial charge is 0.309 e. The molecule has 0 amide bonds. The number of hydrogen-bond donors (Lipinski definition) is 1.